The zero-order chi connectivity index (χ0) is 17.8. The summed E-state index contributed by atoms with van der Waals surface area (Å²) < 4.78 is 5.81. The molecule has 3 aliphatic carbocycles. The van der Waals surface area contributed by atoms with Crippen LogP contribution in [0.3, 0.4) is 0 Å². The van der Waals surface area contributed by atoms with E-state index in [-0.39, 0.29) is 29.4 Å². The quantitative estimate of drug-likeness (QED) is 0.821. The van der Waals surface area contributed by atoms with Gasteiger partial charge in [0.15, 0.2) is 0 Å². The van der Waals surface area contributed by atoms with Gasteiger partial charge in [0.1, 0.15) is 6.61 Å². The second-order valence-electron chi connectivity index (χ2n) is 9.40. The summed E-state index contributed by atoms with van der Waals surface area (Å²) in [6.07, 6.45) is 8.53. The summed E-state index contributed by atoms with van der Waals surface area (Å²) in [7, 11) is 0. The van der Waals surface area contributed by atoms with E-state index in [4.69, 9.17) is 9.84 Å². The third-order valence-corrected chi connectivity index (χ3v) is 8.42. The van der Waals surface area contributed by atoms with Crippen molar-refractivity contribution < 1.29 is 19.4 Å². The highest BCUT2D eigenvalue weighted by molar-refractivity contribution is 5.77. The summed E-state index contributed by atoms with van der Waals surface area (Å²) in [6.45, 7) is 4.57. The molecule has 5 nitrogen and oxygen atoms in total. The van der Waals surface area contributed by atoms with Gasteiger partial charge in [0.25, 0.3) is 0 Å². The molecule has 0 radical (unpaired) electrons. The first-order valence-electron chi connectivity index (χ1n) is 9.97. The van der Waals surface area contributed by atoms with E-state index in [0.29, 0.717) is 30.2 Å². The molecule has 4 aliphatic rings. The number of hydrogen-bond donors (Lipinski definition) is 2. The molecule has 25 heavy (non-hydrogen) atoms. The van der Waals surface area contributed by atoms with Gasteiger partial charge in [0.05, 0.1) is 6.10 Å². The van der Waals surface area contributed by atoms with Crippen LogP contribution in [0.4, 0.5) is 0 Å². The van der Waals surface area contributed by atoms with Crippen LogP contribution in [0.5, 0.6) is 0 Å². The maximum absolute atomic E-state index is 11.8. The third kappa shape index (κ3) is 2.61. The average Bonchev–Trinajstić information content (AvgIpc) is 2.90. The van der Waals surface area contributed by atoms with Gasteiger partial charge in [-0.2, -0.15) is 0 Å². The predicted octanol–water partition coefficient (Wildman–Crippen LogP) is 2.98. The zero-order valence-corrected chi connectivity index (χ0v) is 15.4. The maximum Gasteiger partial charge on any atom is 0.329 e. The first-order chi connectivity index (χ1) is 11.8. The number of piperidine rings is 1. The summed E-state index contributed by atoms with van der Waals surface area (Å²) in [5.74, 6) is 1.38. The van der Waals surface area contributed by atoms with E-state index in [9.17, 15) is 9.59 Å². The molecule has 5 heteroatoms. The van der Waals surface area contributed by atoms with Crippen molar-refractivity contribution in [3.63, 3.8) is 0 Å². The molecular weight excluding hydrogens is 318 g/mol. The smallest absolute Gasteiger partial charge is 0.329 e. The molecule has 1 amide bonds. The van der Waals surface area contributed by atoms with Gasteiger partial charge in [0.2, 0.25) is 5.91 Å². The summed E-state index contributed by atoms with van der Waals surface area (Å²) in [4.78, 5) is 22.8. The van der Waals surface area contributed by atoms with E-state index in [1.54, 1.807) is 0 Å². The van der Waals surface area contributed by atoms with Crippen molar-refractivity contribution in [2.45, 2.75) is 77.4 Å². The largest absolute Gasteiger partial charge is 0.480 e. The van der Waals surface area contributed by atoms with E-state index < -0.39 is 5.97 Å². The number of ether oxygens (including phenoxy) is 1. The highest BCUT2D eigenvalue weighted by Crippen LogP contribution is 2.64. The van der Waals surface area contributed by atoms with Crippen LogP contribution in [-0.2, 0) is 14.3 Å². The summed E-state index contributed by atoms with van der Waals surface area (Å²) in [5.41, 5.74) is 0.357. The fraction of sp³-hybridized carbons (Fsp3) is 0.900. The molecule has 4 fully saturated rings. The Balaban J connectivity index is 1.54. The number of rotatable bonds is 3. The highest BCUT2D eigenvalue weighted by atomic mass is 16.5. The van der Waals surface area contributed by atoms with Crippen LogP contribution in [0, 0.1) is 28.6 Å². The normalized spacial score (nSPS) is 48.9. The Morgan fingerprint density at radius 1 is 1.12 bits per heavy atom. The van der Waals surface area contributed by atoms with E-state index in [1.165, 1.54) is 12.8 Å². The molecule has 140 valence electrons. The molecule has 1 aliphatic heterocycles. The summed E-state index contributed by atoms with van der Waals surface area (Å²) in [5, 5.41) is 12.2. The first kappa shape index (κ1) is 17.3. The fourth-order valence-electron chi connectivity index (χ4n) is 7.10. The van der Waals surface area contributed by atoms with Crippen molar-refractivity contribution in [3.8, 4) is 0 Å². The first-order valence-corrected chi connectivity index (χ1v) is 9.97. The molecular formula is C20H31NO4. The van der Waals surface area contributed by atoms with Gasteiger partial charge in [0, 0.05) is 12.5 Å². The highest BCUT2D eigenvalue weighted by Gasteiger charge is 2.60. The molecule has 4 unspecified atom stereocenters. The number of hydrogen-bond acceptors (Lipinski definition) is 3. The lowest BCUT2D eigenvalue weighted by Crippen LogP contribution is -2.61. The molecule has 3 saturated carbocycles. The number of nitrogens with one attached hydrogen (secondary N) is 1. The van der Waals surface area contributed by atoms with Crippen molar-refractivity contribution in [1.29, 1.82) is 0 Å². The molecule has 0 aromatic rings. The van der Waals surface area contributed by atoms with Gasteiger partial charge in [-0.1, -0.05) is 13.8 Å². The van der Waals surface area contributed by atoms with E-state index in [2.05, 4.69) is 19.2 Å². The Kier molecular flexibility index (Phi) is 4.13. The van der Waals surface area contributed by atoms with Gasteiger partial charge in [-0.15, -0.1) is 0 Å². The number of aliphatic carboxylic acids is 1. The topological polar surface area (TPSA) is 75.6 Å². The van der Waals surface area contributed by atoms with Crippen molar-refractivity contribution in [1.82, 2.24) is 5.32 Å². The summed E-state index contributed by atoms with van der Waals surface area (Å²) in [6, 6.07) is 0.347. The lowest BCUT2D eigenvalue weighted by Gasteiger charge is -2.60. The Bertz CT molecular complexity index is 578. The Morgan fingerprint density at radius 3 is 2.64 bits per heavy atom. The van der Waals surface area contributed by atoms with Crippen molar-refractivity contribution in [2.75, 3.05) is 6.61 Å². The minimum Gasteiger partial charge on any atom is -0.480 e. The van der Waals surface area contributed by atoms with Crippen molar-refractivity contribution in [3.05, 3.63) is 0 Å². The number of carbonyl (C=O) groups is 2. The van der Waals surface area contributed by atoms with Gasteiger partial charge in [-0.05, 0) is 73.5 Å². The lowest BCUT2D eigenvalue weighted by molar-refractivity contribution is -0.154. The van der Waals surface area contributed by atoms with E-state index in [1.807, 2.05) is 0 Å². The second kappa shape index (κ2) is 5.97. The zero-order valence-electron chi connectivity index (χ0n) is 15.4. The third-order valence-electron chi connectivity index (χ3n) is 8.42. The second-order valence-corrected chi connectivity index (χ2v) is 9.40. The predicted molar refractivity (Wildman–Crippen MR) is 92.9 cm³/mol. The van der Waals surface area contributed by atoms with Crippen molar-refractivity contribution >= 4 is 11.9 Å². The Morgan fingerprint density at radius 2 is 1.88 bits per heavy atom. The van der Waals surface area contributed by atoms with Gasteiger partial charge < -0.3 is 15.2 Å². The van der Waals surface area contributed by atoms with Crippen molar-refractivity contribution in [2.24, 2.45) is 28.6 Å². The van der Waals surface area contributed by atoms with Crippen LogP contribution in [0.15, 0.2) is 0 Å². The average molecular weight is 349 g/mol. The molecule has 1 saturated heterocycles. The fourth-order valence-corrected chi connectivity index (χ4v) is 7.10. The number of carbonyl (C=O) groups excluding carboxylic acids is 1. The van der Waals surface area contributed by atoms with Crippen LogP contribution in [-0.4, -0.2) is 35.7 Å². The Hall–Kier alpha value is -1.10. The Labute approximate surface area is 149 Å². The minimum atomic E-state index is -0.869. The number of carboxylic acid groups (broad SMARTS) is 1. The van der Waals surface area contributed by atoms with Crippen LogP contribution in [0.1, 0.15) is 65.2 Å². The molecule has 4 rings (SSSR count). The van der Waals surface area contributed by atoms with Gasteiger partial charge in [-0.3, -0.25) is 4.79 Å². The summed E-state index contributed by atoms with van der Waals surface area (Å²) >= 11 is 0. The number of carboxylic acids is 1. The number of fused-ring (bicyclic) bond motifs is 5. The molecule has 7 atom stereocenters. The molecule has 0 bridgehead atoms. The van der Waals surface area contributed by atoms with Gasteiger partial charge in [-0.25, -0.2) is 4.79 Å². The molecule has 2 N–H and O–H groups in total. The van der Waals surface area contributed by atoms with Crippen LogP contribution >= 0.6 is 0 Å². The van der Waals surface area contributed by atoms with Crippen LogP contribution in [0.2, 0.25) is 0 Å². The molecule has 0 aromatic carbocycles. The van der Waals surface area contributed by atoms with E-state index in [0.717, 1.165) is 32.1 Å². The lowest BCUT2D eigenvalue weighted by atomic mass is 9.47. The number of amides is 1. The van der Waals surface area contributed by atoms with Crippen LogP contribution in [0.25, 0.3) is 0 Å². The minimum absolute atomic E-state index is 0.0890. The SMILES string of the molecule is C[C@]12CCC(=O)NC1CCC1C2CC[C@@]2(C)C1CC[C@@H]2OCC(=O)O. The van der Waals surface area contributed by atoms with Gasteiger partial charge >= 0.3 is 5.97 Å². The van der Waals surface area contributed by atoms with E-state index >= 15 is 0 Å². The molecule has 1 heterocycles. The van der Waals surface area contributed by atoms with Crippen LogP contribution < -0.4 is 5.32 Å². The molecule has 0 spiro atoms. The maximum atomic E-state index is 11.8. The monoisotopic (exact) mass is 349 g/mol. The molecule has 0 aromatic heterocycles. The standard InChI is InChI=1S/C20H31NO4/c1-19-10-8-17(22)21-15(19)5-3-12-13-4-6-16(25-11-18(23)24)20(13,2)9-7-14(12)19/h12-16H,3-11H2,1-2H3,(H,21,22)(H,23,24)/t12?,13?,14?,15?,16-,19+,20-/m0/s1.